The summed E-state index contributed by atoms with van der Waals surface area (Å²) in [6, 6.07) is 16.2. The molecule has 9 heterocycles. The second-order valence-electron chi connectivity index (χ2n) is 20.4. The van der Waals surface area contributed by atoms with Crippen molar-refractivity contribution in [2.75, 3.05) is 62.5 Å². The highest BCUT2D eigenvalue weighted by atomic mass is 19.3. The van der Waals surface area contributed by atoms with E-state index in [0.29, 0.717) is 71.0 Å². The summed E-state index contributed by atoms with van der Waals surface area (Å²) < 4.78 is 46.7. The summed E-state index contributed by atoms with van der Waals surface area (Å²) in [5, 5.41) is 15.2. The van der Waals surface area contributed by atoms with E-state index in [2.05, 4.69) is 42.5 Å². The third-order valence-corrected chi connectivity index (χ3v) is 15.4. The molecule has 4 aromatic heterocycles. The largest absolute Gasteiger partial charge is 0.492 e. The number of hydrogen-bond acceptors (Lipinski definition) is 14. The molecule has 0 saturated carbocycles. The van der Waals surface area contributed by atoms with Crippen LogP contribution in [0.15, 0.2) is 79.3 Å². The summed E-state index contributed by atoms with van der Waals surface area (Å²) in [5.41, 5.74) is 14.0. The number of amides is 5. The molecule has 0 spiro atoms. The van der Waals surface area contributed by atoms with E-state index in [-0.39, 0.29) is 67.7 Å². The number of nitrogens with two attached hydrogens (primary N) is 1. The first kappa shape index (κ1) is 49.6. The quantitative estimate of drug-likeness (QED) is 0.0512. The molecule has 21 heteroatoms. The number of benzene rings is 3. The van der Waals surface area contributed by atoms with Crippen molar-refractivity contribution in [3.8, 4) is 16.9 Å². The summed E-state index contributed by atoms with van der Waals surface area (Å²) in [5.74, 6) is -1.02. The highest BCUT2D eigenvalue weighted by molar-refractivity contribution is 6.23. The number of hydrogen-bond donors (Lipinski definition) is 4. The minimum atomic E-state index is -2.79. The number of nitrogens with one attached hydrogen (secondary N) is 3. The van der Waals surface area contributed by atoms with Gasteiger partial charge in [0.15, 0.2) is 5.82 Å². The zero-order valence-electron chi connectivity index (χ0n) is 42.3. The van der Waals surface area contributed by atoms with E-state index in [1.807, 2.05) is 12.1 Å². The Kier molecular flexibility index (Phi) is 13.1. The van der Waals surface area contributed by atoms with Crippen LogP contribution >= 0.6 is 0 Å². The lowest BCUT2D eigenvalue weighted by Crippen LogP contribution is -2.54. The van der Waals surface area contributed by atoms with Crippen molar-refractivity contribution in [1.82, 2.24) is 44.7 Å². The average molecular weight is 1050 g/mol. The summed E-state index contributed by atoms with van der Waals surface area (Å²) in [6.07, 6.45) is 6.51. The zero-order valence-corrected chi connectivity index (χ0v) is 42.3. The Hall–Kier alpha value is -8.30. The Morgan fingerprint density at radius 1 is 0.922 bits per heavy atom. The fourth-order valence-electron chi connectivity index (χ4n) is 11.6. The minimum Gasteiger partial charge on any atom is -0.492 e. The number of piperidine rings is 1. The number of nitrogen functional groups attached to an aromatic ring is 1. The number of likely N-dealkylation sites (N-methyl/N-ethyl adjacent to an activating group) is 1. The predicted molar refractivity (Wildman–Crippen MR) is 282 cm³/mol. The van der Waals surface area contributed by atoms with Gasteiger partial charge in [0.2, 0.25) is 17.7 Å². The topological polar surface area (TPSA) is 224 Å². The van der Waals surface area contributed by atoms with Crippen molar-refractivity contribution in [2.45, 2.75) is 83.1 Å². The molecule has 77 heavy (non-hydrogen) atoms. The lowest BCUT2D eigenvalue weighted by atomic mass is 9.91. The summed E-state index contributed by atoms with van der Waals surface area (Å²) >= 11 is 0. The van der Waals surface area contributed by atoms with Gasteiger partial charge < -0.3 is 40.2 Å². The molecule has 1 atom stereocenters. The number of aryl methyl sites for hydroxylation is 1. The van der Waals surface area contributed by atoms with Crippen molar-refractivity contribution in [2.24, 2.45) is 0 Å². The average Bonchev–Trinajstić information content (AvgIpc) is 4.22. The molecule has 1 unspecified atom stereocenters. The molecule has 5 amide bonds. The van der Waals surface area contributed by atoms with Crippen LogP contribution in [0, 0.1) is 0 Å². The Labute approximate surface area is 440 Å². The molecule has 0 aliphatic carbocycles. The van der Waals surface area contributed by atoms with E-state index in [1.165, 1.54) is 17.8 Å². The maximum atomic E-state index is 15.5. The van der Waals surface area contributed by atoms with Gasteiger partial charge in [-0.1, -0.05) is 0 Å². The van der Waals surface area contributed by atoms with Crippen LogP contribution in [-0.2, 0) is 51.6 Å². The van der Waals surface area contributed by atoms with Crippen LogP contribution in [0.5, 0.6) is 5.75 Å². The number of carbonyl (C=O) groups is 5. The maximum absolute atomic E-state index is 15.5. The Bertz CT molecular complexity index is 3550. The van der Waals surface area contributed by atoms with Gasteiger partial charge in [-0.25, -0.2) is 13.8 Å². The van der Waals surface area contributed by atoms with Crippen LogP contribution in [0.4, 0.5) is 31.8 Å². The van der Waals surface area contributed by atoms with Gasteiger partial charge in [-0.15, -0.1) is 0 Å². The fraction of sp³-hybridized carbons (Fsp3) is 0.357. The number of alkyl halides is 2. The first-order chi connectivity index (χ1) is 37.4. The molecular formula is C56H56F2N12O7. The van der Waals surface area contributed by atoms with Crippen LogP contribution < -0.4 is 31.3 Å². The predicted octanol–water partition coefficient (Wildman–Crippen LogP) is 6.60. The first-order valence-electron chi connectivity index (χ1n) is 26.1. The number of rotatable bonds is 14. The molecule has 0 radical (unpaired) electrons. The second kappa shape index (κ2) is 20.3. The van der Waals surface area contributed by atoms with E-state index in [1.54, 1.807) is 59.6 Å². The normalized spacial score (nSPS) is 18.0. The third kappa shape index (κ3) is 9.36. The monoisotopic (exact) mass is 1050 g/mol. The van der Waals surface area contributed by atoms with Gasteiger partial charge in [-0.2, -0.15) is 5.10 Å². The minimum absolute atomic E-state index is 0.0201. The lowest BCUT2D eigenvalue weighted by Gasteiger charge is -2.33. The number of aromatic nitrogens is 5. The smallest absolute Gasteiger partial charge is 0.264 e. The lowest BCUT2D eigenvalue weighted by molar-refractivity contribution is -0.136. The Morgan fingerprint density at radius 2 is 1.77 bits per heavy atom. The molecule has 0 bridgehead atoms. The molecule has 5 N–H and O–H groups in total. The van der Waals surface area contributed by atoms with E-state index in [4.69, 9.17) is 25.3 Å². The molecule has 2 fully saturated rings. The number of anilines is 4. The number of halogens is 2. The molecule has 5 aliphatic heterocycles. The van der Waals surface area contributed by atoms with Crippen LogP contribution in [0.25, 0.3) is 32.9 Å². The van der Waals surface area contributed by atoms with E-state index in [0.717, 1.165) is 77.3 Å². The van der Waals surface area contributed by atoms with Gasteiger partial charge in [0.05, 0.1) is 34.7 Å². The Balaban J connectivity index is 0.749. The van der Waals surface area contributed by atoms with Crippen molar-refractivity contribution >= 4 is 74.4 Å². The van der Waals surface area contributed by atoms with Crippen molar-refractivity contribution in [3.63, 3.8) is 0 Å². The SMILES string of the molecule is CN1CCc2c(c(N3CCCc4cc(-c5cn(CC(=O)NCc6cc(NCCOc7ccc8c(c7)C(=O)N(C7CCC(=O)NC7=O)C8=O)nc7ccc(N)cc67)c6ccncc56)c(C(F)F)cc43)nn2C2CCOCC2)C1. The highest BCUT2D eigenvalue weighted by Crippen LogP contribution is 2.45. The molecule has 19 nitrogen and oxygen atoms in total. The number of carbonyl (C=O) groups excluding carboxylic acids is 5. The Morgan fingerprint density at radius 3 is 2.60 bits per heavy atom. The zero-order chi connectivity index (χ0) is 53.1. The van der Waals surface area contributed by atoms with E-state index >= 15 is 8.78 Å². The maximum Gasteiger partial charge on any atom is 0.264 e. The van der Waals surface area contributed by atoms with Crippen molar-refractivity contribution in [1.29, 1.82) is 0 Å². The van der Waals surface area contributed by atoms with Gasteiger partial charge in [0, 0.05) is 115 Å². The highest BCUT2D eigenvalue weighted by Gasteiger charge is 2.45. The first-order valence-corrected chi connectivity index (χ1v) is 26.1. The second-order valence-corrected chi connectivity index (χ2v) is 20.4. The molecular weight excluding hydrogens is 991 g/mol. The number of pyridine rings is 2. The number of ether oxygens (including phenoxy) is 2. The molecule has 5 aliphatic rings. The molecule has 7 aromatic rings. The standard InChI is InChI=1S/C56H56F2N12O7/c1-66-17-11-46-43(28-66)53(65-70(46)34-12-18-76-19-13-34)68-16-2-3-31-21-38(39(52(57)58)25-48(31)68)42-29-67(45-10-14-60-27-41(42)45)30-51(72)62-26-32-22-49(63-44-7-4-33(59)23-37(32)44)61-15-20-77-35-5-6-36-40(24-35)56(75)69(55(36)74)47-8-9-50(71)64-54(47)73/h4-7,10,14,21-25,27,29,34,47,52H,2-3,8-9,11-13,15-20,26,28,30,59H2,1H3,(H,61,63)(H,62,72)(H,64,71,73). The van der Waals surface area contributed by atoms with Gasteiger partial charge in [-0.05, 0) is 117 Å². The van der Waals surface area contributed by atoms with E-state index < -0.39 is 36.1 Å². The van der Waals surface area contributed by atoms with Gasteiger partial charge >= 0.3 is 0 Å². The molecule has 2 saturated heterocycles. The van der Waals surface area contributed by atoms with Crippen LogP contribution in [0.1, 0.15) is 93.2 Å². The third-order valence-electron chi connectivity index (χ3n) is 15.4. The number of fused-ring (bicyclic) bond motifs is 5. The number of nitrogens with zero attached hydrogens (tertiary/aromatic N) is 8. The summed E-state index contributed by atoms with van der Waals surface area (Å²) in [6.45, 7) is 4.12. The van der Waals surface area contributed by atoms with Crippen LogP contribution in [0.2, 0.25) is 0 Å². The van der Waals surface area contributed by atoms with Crippen LogP contribution in [-0.4, -0.2) is 116 Å². The summed E-state index contributed by atoms with van der Waals surface area (Å²) in [4.78, 5) is 79.1. The number of imide groups is 2. The van der Waals surface area contributed by atoms with Crippen LogP contribution in [0.3, 0.4) is 0 Å². The van der Waals surface area contributed by atoms with Crippen molar-refractivity contribution in [3.05, 3.63) is 118 Å². The van der Waals surface area contributed by atoms with Gasteiger partial charge in [-0.3, -0.25) is 43.9 Å². The van der Waals surface area contributed by atoms with Gasteiger partial charge in [0.25, 0.3) is 18.2 Å². The van der Waals surface area contributed by atoms with E-state index in [9.17, 15) is 24.0 Å². The van der Waals surface area contributed by atoms with Crippen molar-refractivity contribution < 1.29 is 42.2 Å². The summed E-state index contributed by atoms with van der Waals surface area (Å²) in [7, 11) is 2.11. The fourth-order valence-corrected chi connectivity index (χ4v) is 11.6. The van der Waals surface area contributed by atoms with Gasteiger partial charge in [0.1, 0.15) is 30.8 Å². The molecule has 396 valence electrons. The molecule has 3 aromatic carbocycles. The molecule has 12 rings (SSSR count).